The van der Waals surface area contributed by atoms with Gasteiger partial charge in [-0.05, 0) is 41.0 Å². The topological polar surface area (TPSA) is 52.6 Å². The Bertz CT molecular complexity index is 369. The standard InChI is InChI=1S/C15H26F2O4/c1-7-14(5,10-21-11(18)13(2,3)4)12(19)20-9-8-15(6,16)17/h7-10H2,1-6H3. The molecule has 0 radical (unpaired) electrons. The minimum atomic E-state index is -2.87. The molecule has 1 unspecified atom stereocenters. The highest BCUT2D eigenvalue weighted by Gasteiger charge is 2.36. The molecule has 0 rings (SSSR count). The average molecular weight is 308 g/mol. The first kappa shape index (κ1) is 19.8. The zero-order valence-electron chi connectivity index (χ0n) is 13.7. The van der Waals surface area contributed by atoms with Crippen molar-refractivity contribution in [3.05, 3.63) is 0 Å². The lowest BCUT2D eigenvalue weighted by atomic mass is 9.88. The van der Waals surface area contributed by atoms with Gasteiger partial charge in [0, 0.05) is 6.42 Å². The number of hydrogen-bond donors (Lipinski definition) is 0. The molecule has 6 heteroatoms. The molecule has 0 aliphatic heterocycles. The van der Waals surface area contributed by atoms with Gasteiger partial charge in [0.15, 0.2) is 0 Å². The van der Waals surface area contributed by atoms with Crippen LogP contribution in [0.25, 0.3) is 0 Å². The van der Waals surface area contributed by atoms with Crippen molar-refractivity contribution in [2.75, 3.05) is 13.2 Å². The Morgan fingerprint density at radius 2 is 1.48 bits per heavy atom. The van der Waals surface area contributed by atoms with E-state index in [2.05, 4.69) is 0 Å². The van der Waals surface area contributed by atoms with Gasteiger partial charge in [-0.2, -0.15) is 0 Å². The summed E-state index contributed by atoms with van der Waals surface area (Å²) in [5, 5.41) is 0. The largest absolute Gasteiger partial charge is 0.465 e. The summed E-state index contributed by atoms with van der Waals surface area (Å²) in [6, 6.07) is 0. The van der Waals surface area contributed by atoms with E-state index in [4.69, 9.17) is 9.47 Å². The summed E-state index contributed by atoms with van der Waals surface area (Å²) in [5.41, 5.74) is -1.69. The first-order chi connectivity index (χ1) is 9.32. The third-order valence-corrected chi connectivity index (χ3v) is 3.18. The van der Waals surface area contributed by atoms with Crippen molar-refractivity contribution >= 4 is 11.9 Å². The van der Waals surface area contributed by atoms with Crippen LogP contribution in [0.4, 0.5) is 8.78 Å². The van der Waals surface area contributed by atoms with Crippen LogP contribution >= 0.6 is 0 Å². The molecule has 0 aliphatic rings. The molecule has 0 N–H and O–H groups in total. The van der Waals surface area contributed by atoms with E-state index in [0.717, 1.165) is 6.92 Å². The van der Waals surface area contributed by atoms with Crippen LogP contribution in [-0.2, 0) is 19.1 Å². The number of carbonyl (C=O) groups excluding carboxylic acids is 2. The van der Waals surface area contributed by atoms with Crippen LogP contribution in [0.15, 0.2) is 0 Å². The molecule has 21 heavy (non-hydrogen) atoms. The predicted molar refractivity (Wildman–Crippen MR) is 75.0 cm³/mol. The molecule has 0 bridgehead atoms. The van der Waals surface area contributed by atoms with Crippen molar-refractivity contribution < 1.29 is 27.8 Å². The van der Waals surface area contributed by atoms with Crippen molar-refractivity contribution in [2.24, 2.45) is 10.8 Å². The SMILES string of the molecule is CCC(C)(COC(=O)C(C)(C)C)C(=O)OCCC(C)(F)F. The molecule has 0 heterocycles. The molecule has 0 saturated heterocycles. The van der Waals surface area contributed by atoms with Crippen LogP contribution in [0.1, 0.15) is 54.4 Å². The lowest BCUT2D eigenvalue weighted by Crippen LogP contribution is -2.37. The van der Waals surface area contributed by atoms with Crippen molar-refractivity contribution in [1.29, 1.82) is 0 Å². The predicted octanol–water partition coefficient (Wildman–Crippen LogP) is 3.58. The molecular weight excluding hydrogens is 282 g/mol. The van der Waals surface area contributed by atoms with Gasteiger partial charge in [-0.3, -0.25) is 9.59 Å². The quantitative estimate of drug-likeness (QED) is 0.675. The highest BCUT2D eigenvalue weighted by atomic mass is 19.3. The Morgan fingerprint density at radius 1 is 0.952 bits per heavy atom. The zero-order valence-corrected chi connectivity index (χ0v) is 13.7. The van der Waals surface area contributed by atoms with E-state index in [9.17, 15) is 18.4 Å². The molecule has 0 aromatic rings. The van der Waals surface area contributed by atoms with Gasteiger partial charge >= 0.3 is 11.9 Å². The fourth-order valence-corrected chi connectivity index (χ4v) is 1.24. The van der Waals surface area contributed by atoms with Crippen molar-refractivity contribution in [3.63, 3.8) is 0 Å². The molecule has 0 fully saturated rings. The lowest BCUT2D eigenvalue weighted by molar-refractivity contribution is -0.167. The number of carbonyl (C=O) groups is 2. The molecule has 0 saturated carbocycles. The van der Waals surface area contributed by atoms with Gasteiger partial charge in [0.05, 0.1) is 17.4 Å². The Kier molecular flexibility index (Phi) is 6.77. The number of alkyl halides is 2. The molecule has 0 amide bonds. The molecule has 1 atom stereocenters. The van der Waals surface area contributed by atoms with E-state index in [-0.39, 0.29) is 13.2 Å². The lowest BCUT2D eigenvalue weighted by Gasteiger charge is -2.27. The highest BCUT2D eigenvalue weighted by Crippen LogP contribution is 2.26. The summed E-state index contributed by atoms with van der Waals surface area (Å²) >= 11 is 0. The molecule has 4 nitrogen and oxygen atoms in total. The average Bonchev–Trinajstić information content (AvgIpc) is 2.32. The zero-order chi connectivity index (χ0) is 16.9. The minimum Gasteiger partial charge on any atom is -0.465 e. The van der Waals surface area contributed by atoms with Crippen LogP contribution in [0, 0.1) is 10.8 Å². The number of esters is 2. The third-order valence-electron chi connectivity index (χ3n) is 3.18. The summed E-state index contributed by atoms with van der Waals surface area (Å²) in [4.78, 5) is 23.7. The number of rotatable bonds is 7. The molecular formula is C15H26F2O4. The van der Waals surface area contributed by atoms with Gasteiger partial charge in [-0.25, -0.2) is 8.78 Å². The van der Waals surface area contributed by atoms with Gasteiger partial charge in [-0.15, -0.1) is 0 Å². The van der Waals surface area contributed by atoms with Gasteiger partial charge in [-0.1, -0.05) is 6.92 Å². The van der Waals surface area contributed by atoms with Crippen LogP contribution < -0.4 is 0 Å². The second-order valence-corrected chi connectivity index (χ2v) is 6.70. The maximum absolute atomic E-state index is 12.7. The summed E-state index contributed by atoms with van der Waals surface area (Å²) < 4.78 is 35.4. The Balaban J connectivity index is 4.51. The summed E-state index contributed by atoms with van der Waals surface area (Å²) in [7, 11) is 0. The minimum absolute atomic E-state index is 0.124. The van der Waals surface area contributed by atoms with Crippen LogP contribution in [0.3, 0.4) is 0 Å². The van der Waals surface area contributed by atoms with E-state index in [1.54, 1.807) is 34.6 Å². The van der Waals surface area contributed by atoms with Crippen molar-refractivity contribution in [1.82, 2.24) is 0 Å². The summed E-state index contributed by atoms with van der Waals surface area (Å²) in [5.74, 6) is -3.92. The van der Waals surface area contributed by atoms with Crippen LogP contribution in [0.5, 0.6) is 0 Å². The van der Waals surface area contributed by atoms with E-state index < -0.39 is 35.1 Å². The molecule has 0 aliphatic carbocycles. The smallest absolute Gasteiger partial charge is 0.315 e. The number of hydrogen-bond acceptors (Lipinski definition) is 4. The first-order valence-electron chi connectivity index (χ1n) is 7.04. The van der Waals surface area contributed by atoms with Crippen LogP contribution in [-0.4, -0.2) is 31.1 Å². The number of ether oxygens (including phenoxy) is 2. The monoisotopic (exact) mass is 308 g/mol. The maximum atomic E-state index is 12.7. The van der Waals surface area contributed by atoms with Gasteiger partial charge in [0.1, 0.15) is 6.61 Å². The Labute approximate surface area is 125 Å². The Morgan fingerprint density at radius 3 is 1.86 bits per heavy atom. The molecule has 0 spiro atoms. The van der Waals surface area contributed by atoms with E-state index in [1.165, 1.54) is 0 Å². The van der Waals surface area contributed by atoms with Gasteiger partial charge in [0.2, 0.25) is 5.92 Å². The molecule has 124 valence electrons. The van der Waals surface area contributed by atoms with Gasteiger partial charge in [0.25, 0.3) is 0 Å². The second-order valence-electron chi connectivity index (χ2n) is 6.70. The van der Waals surface area contributed by atoms with Crippen molar-refractivity contribution in [3.8, 4) is 0 Å². The van der Waals surface area contributed by atoms with Crippen molar-refractivity contribution in [2.45, 2.75) is 60.3 Å². The third kappa shape index (κ3) is 7.39. The maximum Gasteiger partial charge on any atom is 0.315 e. The fraction of sp³-hybridized carbons (Fsp3) is 0.867. The molecule has 0 aromatic carbocycles. The number of halogens is 2. The first-order valence-corrected chi connectivity index (χ1v) is 7.04. The van der Waals surface area contributed by atoms with Crippen LogP contribution in [0.2, 0.25) is 0 Å². The normalized spacial score (nSPS) is 15.2. The fourth-order valence-electron chi connectivity index (χ4n) is 1.24. The summed E-state index contributed by atoms with van der Waals surface area (Å²) in [6.07, 6.45) is -0.147. The van der Waals surface area contributed by atoms with E-state index in [0.29, 0.717) is 6.42 Å². The Hall–Kier alpha value is -1.20. The second kappa shape index (κ2) is 7.18. The van der Waals surface area contributed by atoms with Gasteiger partial charge < -0.3 is 9.47 Å². The van der Waals surface area contributed by atoms with E-state index >= 15 is 0 Å². The summed E-state index contributed by atoms with van der Waals surface area (Å²) in [6.45, 7) is 8.76. The molecule has 0 aromatic heterocycles. The highest BCUT2D eigenvalue weighted by molar-refractivity contribution is 5.78. The van der Waals surface area contributed by atoms with E-state index in [1.807, 2.05) is 0 Å².